The molecule has 1 amide bonds. The van der Waals surface area contributed by atoms with Crippen molar-refractivity contribution in [2.75, 3.05) is 11.9 Å². The Balaban J connectivity index is 0.000000795. The molecule has 0 saturated heterocycles. The van der Waals surface area contributed by atoms with E-state index in [2.05, 4.69) is 53.6 Å². The summed E-state index contributed by atoms with van der Waals surface area (Å²) in [5.41, 5.74) is 4.16. The van der Waals surface area contributed by atoms with Gasteiger partial charge in [0.15, 0.2) is 0 Å². The molecule has 0 spiro atoms. The number of benzene rings is 3. The van der Waals surface area contributed by atoms with Crippen LogP contribution in [0.1, 0.15) is 25.8 Å². The third kappa shape index (κ3) is 8.71. The SMILES string of the molecule is CC(=O)O.CCCOc1ccc(-c2ccc(C=C3SC(Nc4cc[c]([Na])cc4)=NC3=O)cc2)cc1. The van der Waals surface area contributed by atoms with Gasteiger partial charge in [0.2, 0.25) is 0 Å². The molecule has 174 valence electrons. The second kappa shape index (κ2) is 13.3. The van der Waals surface area contributed by atoms with Crippen LogP contribution < -0.4 is 12.9 Å². The van der Waals surface area contributed by atoms with Crippen LogP contribution in [-0.4, -0.2) is 56.7 Å². The molecule has 0 radical (unpaired) electrons. The van der Waals surface area contributed by atoms with E-state index in [1.165, 1.54) is 14.6 Å². The van der Waals surface area contributed by atoms with Gasteiger partial charge in [0.05, 0.1) is 6.61 Å². The van der Waals surface area contributed by atoms with Gasteiger partial charge in [-0.15, -0.1) is 0 Å². The Labute approximate surface area is 226 Å². The second-order valence-corrected chi connectivity index (χ2v) is 10.0. The molecule has 0 aromatic heterocycles. The van der Waals surface area contributed by atoms with E-state index in [1.807, 2.05) is 42.5 Å². The number of nitrogens with zero attached hydrogens (tertiary/aromatic N) is 1. The molecule has 0 aliphatic carbocycles. The van der Waals surface area contributed by atoms with Gasteiger partial charge in [-0.25, -0.2) is 0 Å². The summed E-state index contributed by atoms with van der Waals surface area (Å²) < 4.78 is 6.97. The van der Waals surface area contributed by atoms with Crippen molar-refractivity contribution < 1.29 is 19.4 Å². The number of ether oxygens (including phenoxy) is 1. The van der Waals surface area contributed by atoms with E-state index in [0.717, 1.165) is 76.0 Å². The summed E-state index contributed by atoms with van der Waals surface area (Å²) in [7, 11) is 0. The molecule has 0 saturated carbocycles. The molecule has 1 aliphatic rings. The number of hydrogen-bond acceptors (Lipinski definition) is 5. The fourth-order valence-corrected chi connectivity index (χ4v) is 4.28. The molecule has 0 bridgehead atoms. The summed E-state index contributed by atoms with van der Waals surface area (Å²) in [6.07, 6.45) is 2.88. The number of rotatable bonds is 6. The van der Waals surface area contributed by atoms with Crippen molar-refractivity contribution >= 4 is 71.3 Å². The van der Waals surface area contributed by atoms with Gasteiger partial charge in [-0.2, -0.15) is 0 Å². The molecule has 1 aliphatic heterocycles. The molecule has 3 aromatic rings. The first kappa shape index (κ1) is 26.8. The zero-order valence-electron chi connectivity index (χ0n) is 19.9. The number of hydrogen-bond donors (Lipinski definition) is 2. The van der Waals surface area contributed by atoms with Crippen LogP contribution in [0.4, 0.5) is 5.69 Å². The van der Waals surface area contributed by atoms with Crippen molar-refractivity contribution in [2.45, 2.75) is 20.3 Å². The Kier molecular flexibility index (Phi) is 10.2. The number of nitrogens with one attached hydrogen (secondary N) is 1. The molecule has 3 aromatic carbocycles. The van der Waals surface area contributed by atoms with Crippen molar-refractivity contribution in [3.63, 3.8) is 0 Å². The molecule has 1 heterocycles. The zero-order valence-corrected chi connectivity index (χ0v) is 22.8. The summed E-state index contributed by atoms with van der Waals surface area (Å²) in [6.45, 7) is 3.91. The molecule has 0 fully saturated rings. The quantitative estimate of drug-likeness (QED) is 0.364. The average Bonchev–Trinajstić information content (AvgIpc) is 3.18. The smallest absolute Gasteiger partial charge is 0.0507 e. The Morgan fingerprint density at radius 1 is 1.03 bits per heavy atom. The number of carbonyl (C=O) groups excluding carboxylic acids is 1. The molecular weight excluding hydrogens is 471 g/mol. The summed E-state index contributed by atoms with van der Waals surface area (Å²) in [5.74, 6) is -0.153. The minimum atomic E-state index is -0.833. The van der Waals surface area contributed by atoms with Crippen molar-refractivity contribution in [1.82, 2.24) is 0 Å². The molecule has 0 unspecified atom stereocenters. The van der Waals surface area contributed by atoms with Crippen molar-refractivity contribution in [3.05, 3.63) is 83.3 Å². The second-order valence-electron chi connectivity index (χ2n) is 7.84. The number of amides is 1. The van der Waals surface area contributed by atoms with E-state index in [9.17, 15) is 4.79 Å². The molecule has 0 atom stereocenters. The van der Waals surface area contributed by atoms with E-state index >= 15 is 0 Å². The fourth-order valence-electron chi connectivity index (χ4n) is 3.11. The number of carboxylic acid groups (broad SMARTS) is 1. The molecular formula is C27H25N2NaO4S. The summed E-state index contributed by atoms with van der Waals surface area (Å²) in [4.78, 5) is 26.1. The van der Waals surface area contributed by atoms with E-state index in [-0.39, 0.29) is 5.91 Å². The first-order valence-corrected chi connectivity index (χ1v) is 13.0. The Hall–Kier alpha value is -2.84. The number of thioether (sulfide) groups is 1. The Bertz CT molecular complexity index is 1220. The minimum Gasteiger partial charge on any atom is -0.0507 e. The maximum atomic E-state index is 12.3. The van der Waals surface area contributed by atoms with Crippen LogP contribution in [0.2, 0.25) is 0 Å². The van der Waals surface area contributed by atoms with Crippen molar-refractivity contribution in [2.24, 2.45) is 4.99 Å². The minimum absolute atomic E-state index is 0.209. The van der Waals surface area contributed by atoms with Crippen LogP contribution in [0.25, 0.3) is 17.2 Å². The van der Waals surface area contributed by atoms with Gasteiger partial charge in [0.1, 0.15) is 5.75 Å². The predicted octanol–water partition coefficient (Wildman–Crippen LogP) is 5.11. The van der Waals surface area contributed by atoms with Crippen LogP contribution >= 0.6 is 11.8 Å². The van der Waals surface area contributed by atoms with Gasteiger partial charge in [-0.3, -0.25) is 4.79 Å². The van der Waals surface area contributed by atoms with Gasteiger partial charge in [-0.05, 0) is 29.7 Å². The summed E-state index contributed by atoms with van der Waals surface area (Å²) in [5, 5.41) is 11.2. The molecule has 35 heavy (non-hydrogen) atoms. The summed E-state index contributed by atoms with van der Waals surface area (Å²) in [6, 6.07) is 24.5. The van der Waals surface area contributed by atoms with E-state index in [4.69, 9.17) is 14.6 Å². The van der Waals surface area contributed by atoms with Gasteiger partial charge >= 0.3 is 139 Å². The number of carboxylic acids is 1. The Morgan fingerprint density at radius 2 is 1.60 bits per heavy atom. The Morgan fingerprint density at radius 3 is 2.17 bits per heavy atom. The zero-order chi connectivity index (χ0) is 25.2. The van der Waals surface area contributed by atoms with E-state index < -0.39 is 5.97 Å². The van der Waals surface area contributed by atoms with Gasteiger partial charge in [-0.1, -0.05) is 19.1 Å². The topological polar surface area (TPSA) is 88.0 Å². The molecule has 6 nitrogen and oxygen atoms in total. The van der Waals surface area contributed by atoms with Crippen molar-refractivity contribution in [3.8, 4) is 16.9 Å². The van der Waals surface area contributed by atoms with Crippen LogP contribution in [0.3, 0.4) is 0 Å². The number of carbonyl (C=O) groups is 2. The first-order valence-electron chi connectivity index (χ1n) is 11.2. The van der Waals surface area contributed by atoms with Crippen LogP contribution in [-0.2, 0) is 9.59 Å². The standard InChI is InChI=1S/C25H21N2O2S.C2H4O2.Na/c1-2-16-29-22-14-12-20(13-15-22)19-10-8-18(9-11-19)17-23-24(28)27-25(30-23)26-21-6-4-3-5-7-21;1-2(3)4;/h4-15,17H,2,16H2,1H3,(H,26,27,28);1H3,(H,3,4);. The molecule has 2 N–H and O–H groups in total. The number of aliphatic carboxylic acids is 1. The van der Waals surface area contributed by atoms with Crippen LogP contribution in [0.15, 0.2) is 82.7 Å². The number of amidine groups is 1. The monoisotopic (exact) mass is 496 g/mol. The molecule has 8 heteroatoms. The van der Waals surface area contributed by atoms with Crippen LogP contribution in [0, 0.1) is 0 Å². The van der Waals surface area contributed by atoms with Crippen molar-refractivity contribution in [1.29, 1.82) is 0 Å². The summed E-state index contributed by atoms with van der Waals surface area (Å²) >= 11 is 2.39. The maximum absolute atomic E-state index is 12.3. The fraction of sp³-hybridized carbons (Fsp3) is 0.148. The number of anilines is 1. The normalized spacial score (nSPS) is 13.7. The third-order valence-corrected chi connectivity index (χ3v) is 6.36. The van der Waals surface area contributed by atoms with Gasteiger partial charge in [0, 0.05) is 6.92 Å². The number of aliphatic imine (C=N–C) groups is 1. The third-order valence-electron chi connectivity index (χ3n) is 4.79. The van der Waals surface area contributed by atoms with Gasteiger partial charge < -0.3 is 9.84 Å². The van der Waals surface area contributed by atoms with Gasteiger partial charge in [0.25, 0.3) is 5.97 Å². The van der Waals surface area contributed by atoms with E-state index in [1.54, 1.807) is 0 Å². The molecule has 4 rings (SSSR count). The van der Waals surface area contributed by atoms with E-state index in [0.29, 0.717) is 10.1 Å². The average molecular weight is 497 g/mol. The first-order chi connectivity index (χ1) is 16.8. The predicted molar refractivity (Wildman–Crippen MR) is 144 cm³/mol. The van der Waals surface area contributed by atoms with Crippen LogP contribution in [0.5, 0.6) is 5.75 Å².